The molecule has 0 saturated carbocycles. The first-order valence-corrected chi connectivity index (χ1v) is 10.5. The van der Waals surface area contributed by atoms with E-state index in [2.05, 4.69) is 15.6 Å². The molecule has 3 rings (SSSR count). The van der Waals surface area contributed by atoms with Gasteiger partial charge in [0, 0.05) is 41.0 Å². The molecule has 0 bridgehead atoms. The average molecular weight is 428 g/mol. The van der Waals surface area contributed by atoms with Gasteiger partial charge in [-0.25, -0.2) is 4.98 Å². The summed E-state index contributed by atoms with van der Waals surface area (Å²) in [6.45, 7) is 4.11. The van der Waals surface area contributed by atoms with E-state index in [1.165, 1.54) is 11.3 Å². The molecular weight excluding hydrogens is 406 g/mol. The molecule has 0 spiro atoms. The first kappa shape index (κ1) is 21.0. The maximum Gasteiger partial charge on any atom is 0.251 e. The maximum absolute atomic E-state index is 12.2. The Morgan fingerprint density at radius 1 is 1.10 bits per heavy atom. The van der Waals surface area contributed by atoms with Crippen LogP contribution in [0.15, 0.2) is 48.7 Å². The van der Waals surface area contributed by atoms with Gasteiger partial charge in [0.1, 0.15) is 0 Å². The number of rotatable bonds is 7. The molecule has 150 valence electrons. The molecule has 0 radical (unpaired) electrons. The third-order valence-corrected chi connectivity index (χ3v) is 5.76. The van der Waals surface area contributed by atoms with E-state index in [4.69, 9.17) is 11.6 Å². The number of anilines is 1. The van der Waals surface area contributed by atoms with Crippen molar-refractivity contribution in [2.24, 2.45) is 0 Å². The van der Waals surface area contributed by atoms with Crippen LogP contribution in [0.5, 0.6) is 0 Å². The molecule has 2 N–H and O–H groups in total. The Balaban J connectivity index is 1.47. The predicted molar refractivity (Wildman–Crippen MR) is 118 cm³/mol. The molecule has 0 atom stereocenters. The van der Waals surface area contributed by atoms with Crippen LogP contribution in [0.2, 0.25) is 5.02 Å². The summed E-state index contributed by atoms with van der Waals surface area (Å²) >= 11 is 7.60. The van der Waals surface area contributed by atoms with E-state index >= 15 is 0 Å². The summed E-state index contributed by atoms with van der Waals surface area (Å²) in [5, 5.41) is 6.85. The average Bonchev–Trinajstić information content (AvgIpc) is 3.11. The molecule has 0 aliphatic heterocycles. The highest BCUT2D eigenvalue weighted by molar-refractivity contribution is 7.15. The minimum absolute atomic E-state index is 0.177. The van der Waals surface area contributed by atoms with Crippen LogP contribution in [0.4, 0.5) is 5.13 Å². The Morgan fingerprint density at radius 3 is 2.66 bits per heavy atom. The zero-order valence-electron chi connectivity index (χ0n) is 16.3. The van der Waals surface area contributed by atoms with Gasteiger partial charge in [0.2, 0.25) is 5.91 Å². The Hall–Kier alpha value is -2.70. The van der Waals surface area contributed by atoms with Crippen LogP contribution in [0, 0.1) is 13.8 Å². The molecule has 7 heteroatoms. The van der Waals surface area contributed by atoms with Crippen molar-refractivity contribution in [2.75, 3.05) is 11.9 Å². The Bertz CT molecular complexity index is 1030. The minimum Gasteiger partial charge on any atom is -0.352 e. The molecule has 29 heavy (non-hydrogen) atoms. The van der Waals surface area contributed by atoms with Gasteiger partial charge in [-0.2, -0.15) is 0 Å². The van der Waals surface area contributed by atoms with Crippen molar-refractivity contribution in [1.29, 1.82) is 0 Å². The van der Waals surface area contributed by atoms with Gasteiger partial charge in [0.15, 0.2) is 5.13 Å². The van der Waals surface area contributed by atoms with Crippen molar-refractivity contribution in [3.63, 3.8) is 0 Å². The second-order valence-corrected chi connectivity index (χ2v) is 8.28. The topological polar surface area (TPSA) is 71.1 Å². The lowest BCUT2D eigenvalue weighted by Gasteiger charge is -2.07. The second-order valence-electron chi connectivity index (χ2n) is 6.76. The first-order chi connectivity index (χ1) is 13.9. The number of benzene rings is 2. The molecule has 0 fully saturated rings. The van der Waals surface area contributed by atoms with E-state index in [0.29, 0.717) is 17.1 Å². The standard InChI is InChI=1S/C22H22ClN3O2S/c1-14-5-3-4-6-18(14)21(28)24-10-9-20(27)26-22-25-13-17(29-22)11-16-8-7-15(2)19(23)12-16/h3-8,12-13H,9-11H2,1-2H3,(H,24,28)(H,25,26,27). The fourth-order valence-electron chi connectivity index (χ4n) is 2.79. The van der Waals surface area contributed by atoms with Crippen LogP contribution in [-0.2, 0) is 11.2 Å². The zero-order chi connectivity index (χ0) is 20.8. The highest BCUT2D eigenvalue weighted by Crippen LogP contribution is 2.24. The quantitative estimate of drug-likeness (QED) is 0.570. The highest BCUT2D eigenvalue weighted by atomic mass is 35.5. The Morgan fingerprint density at radius 2 is 1.90 bits per heavy atom. The molecular formula is C22H22ClN3O2S. The van der Waals surface area contributed by atoms with Crippen molar-refractivity contribution in [2.45, 2.75) is 26.7 Å². The molecule has 2 aromatic carbocycles. The van der Waals surface area contributed by atoms with Gasteiger partial charge in [-0.05, 0) is 42.7 Å². The van der Waals surface area contributed by atoms with Crippen LogP contribution in [0.1, 0.15) is 38.3 Å². The largest absolute Gasteiger partial charge is 0.352 e. The van der Waals surface area contributed by atoms with Gasteiger partial charge in [-0.3, -0.25) is 9.59 Å². The number of nitrogens with zero attached hydrogens (tertiary/aromatic N) is 1. The summed E-state index contributed by atoms with van der Waals surface area (Å²) in [5.41, 5.74) is 3.66. The van der Waals surface area contributed by atoms with Gasteiger partial charge < -0.3 is 10.6 Å². The fraction of sp³-hybridized carbons (Fsp3) is 0.227. The van der Waals surface area contributed by atoms with E-state index in [9.17, 15) is 9.59 Å². The van der Waals surface area contributed by atoms with Crippen LogP contribution in [0.25, 0.3) is 0 Å². The molecule has 0 aliphatic carbocycles. The number of carbonyl (C=O) groups excluding carboxylic acids is 2. The van der Waals surface area contributed by atoms with Gasteiger partial charge in [-0.15, -0.1) is 11.3 Å². The molecule has 5 nitrogen and oxygen atoms in total. The number of aryl methyl sites for hydroxylation is 2. The number of aromatic nitrogens is 1. The molecule has 1 aromatic heterocycles. The van der Waals surface area contributed by atoms with E-state index in [1.807, 2.05) is 50.2 Å². The van der Waals surface area contributed by atoms with Gasteiger partial charge in [-0.1, -0.05) is 41.9 Å². The van der Waals surface area contributed by atoms with Crippen LogP contribution in [-0.4, -0.2) is 23.3 Å². The summed E-state index contributed by atoms with van der Waals surface area (Å²) in [6.07, 6.45) is 2.65. The van der Waals surface area contributed by atoms with Gasteiger partial charge in [0.05, 0.1) is 0 Å². The van der Waals surface area contributed by atoms with Crippen molar-refractivity contribution in [1.82, 2.24) is 10.3 Å². The molecule has 1 heterocycles. The summed E-state index contributed by atoms with van der Waals surface area (Å²) in [5.74, 6) is -0.362. The van der Waals surface area contributed by atoms with Crippen molar-refractivity contribution >= 4 is 39.9 Å². The number of halogens is 1. The summed E-state index contributed by atoms with van der Waals surface area (Å²) in [4.78, 5) is 29.6. The second kappa shape index (κ2) is 9.67. The van der Waals surface area contributed by atoms with Gasteiger partial charge >= 0.3 is 0 Å². The van der Waals surface area contributed by atoms with Crippen LogP contribution < -0.4 is 10.6 Å². The van der Waals surface area contributed by atoms with Crippen molar-refractivity contribution < 1.29 is 9.59 Å². The van der Waals surface area contributed by atoms with E-state index < -0.39 is 0 Å². The number of hydrogen-bond donors (Lipinski definition) is 2. The van der Waals surface area contributed by atoms with Crippen molar-refractivity contribution in [3.05, 3.63) is 80.8 Å². The molecule has 0 saturated heterocycles. The maximum atomic E-state index is 12.2. The van der Waals surface area contributed by atoms with Crippen LogP contribution in [0.3, 0.4) is 0 Å². The molecule has 0 aliphatic rings. The van der Waals surface area contributed by atoms with E-state index in [-0.39, 0.29) is 24.8 Å². The zero-order valence-corrected chi connectivity index (χ0v) is 17.9. The number of thiazole rings is 1. The SMILES string of the molecule is Cc1ccc(Cc2cnc(NC(=O)CCNC(=O)c3ccccc3C)s2)cc1Cl. The highest BCUT2D eigenvalue weighted by Gasteiger charge is 2.11. The smallest absolute Gasteiger partial charge is 0.251 e. The number of amides is 2. The predicted octanol–water partition coefficient (Wildman–Crippen LogP) is 4.76. The summed E-state index contributed by atoms with van der Waals surface area (Å²) in [6, 6.07) is 13.3. The molecule has 0 unspecified atom stereocenters. The Kier molecular flexibility index (Phi) is 7.01. The fourth-order valence-corrected chi connectivity index (χ4v) is 3.85. The third-order valence-electron chi connectivity index (χ3n) is 4.44. The number of carbonyl (C=O) groups is 2. The van der Waals surface area contributed by atoms with E-state index in [0.717, 1.165) is 26.6 Å². The number of nitrogens with one attached hydrogen (secondary N) is 2. The molecule has 2 amide bonds. The minimum atomic E-state index is -0.186. The first-order valence-electron chi connectivity index (χ1n) is 9.26. The lowest BCUT2D eigenvalue weighted by Crippen LogP contribution is -2.28. The Labute approximate surface area is 179 Å². The van der Waals surface area contributed by atoms with Gasteiger partial charge in [0.25, 0.3) is 5.91 Å². The monoisotopic (exact) mass is 427 g/mol. The van der Waals surface area contributed by atoms with Crippen molar-refractivity contribution in [3.8, 4) is 0 Å². The third kappa shape index (κ3) is 5.89. The van der Waals surface area contributed by atoms with Crippen LogP contribution >= 0.6 is 22.9 Å². The summed E-state index contributed by atoms with van der Waals surface area (Å²) in [7, 11) is 0. The lowest BCUT2D eigenvalue weighted by molar-refractivity contribution is -0.116. The van der Waals surface area contributed by atoms with E-state index in [1.54, 1.807) is 12.3 Å². The lowest BCUT2D eigenvalue weighted by atomic mass is 10.1. The molecule has 3 aromatic rings. The number of hydrogen-bond acceptors (Lipinski definition) is 4. The summed E-state index contributed by atoms with van der Waals surface area (Å²) < 4.78 is 0. The normalized spacial score (nSPS) is 10.6.